The number of ether oxygens (including phenoxy) is 4. The molecule has 0 bridgehead atoms. The van der Waals surface area contributed by atoms with Gasteiger partial charge in [-0.1, -0.05) is 48.5 Å². The van der Waals surface area contributed by atoms with E-state index in [1.54, 1.807) is 108 Å². The van der Waals surface area contributed by atoms with Gasteiger partial charge in [-0.2, -0.15) is 23.2 Å². The second-order valence-corrected chi connectivity index (χ2v) is 18.3. The molecule has 0 saturated heterocycles. The number of halogens is 1. The van der Waals surface area contributed by atoms with Crippen LogP contribution in [-0.2, 0) is 46.2 Å². The first-order valence-corrected chi connectivity index (χ1v) is 22.3. The van der Waals surface area contributed by atoms with Gasteiger partial charge in [0.15, 0.2) is 10.1 Å². The van der Waals surface area contributed by atoms with Gasteiger partial charge in [0.1, 0.15) is 23.0 Å². The summed E-state index contributed by atoms with van der Waals surface area (Å²) in [6.45, 7) is 7.99. The molecule has 0 aliphatic carbocycles. The summed E-state index contributed by atoms with van der Waals surface area (Å²) in [6.07, 6.45) is 1.69. The maximum absolute atomic E-state index is 14.3. The minimum Gasteiger partial charge on any atom is -0.497 e. The van der Waals surface area contributed by atoms with Gasteiger partial charge in [-0.3, -0.25) is 4.68 Å². The number of aromatic nitrogens is 4. The lowest BCUT2D eigenvalue weighted by molar-refractivity contribution is 0.390. The summed E-state index contributed by atoms with van der Waals surface area (Å²) in [6, 6.07) is 31.2. The number of sulfonamides is 2. The third-order valence-corrected chi connectivity index (χ3v) is 12.9. The molecule has 2 heterocycles. The van der Waals surface area contributed by atoms with Crippen molar-refractivity contribution in [3.63, 3.8) is 0 Å². The highest BCUT2D eigenvalue weighted by atomic mass is 32.2. The van der Waals surface area contributed by atoms with Gasteiger partial charge >= 0.3 is 0 Å². The van der Waals surface area contributed by atoms with Crippen LogP contribution in [0.15, 0.2) is 125 Å². The van der Waals surface area contributed by atoms with Gasteiger partial charge in [0, 0.05) is 50.5 Å². The lowest BCUT2D eigenvalue weighted by Crippen LogP contribution is -2.30. The van der Waals surface area contributed by atoms with E-state index in [1.165, 1.54) is 8.61 Å². The molecule has 0 spiro atoms. The lowest BCUT2D eigenvalue weighted by atomic mass is 10.2. The number of hydrogen-bond donors (Lipinski definition) is 0. The minimum atomic E-state index is -4.07. The smallest absolute Gasteiger partial charge is 0.263 e. The maximum Gasteiger partial charge on any atom is 0.263 e. The second kappa shape index (κ2) is 20.7. The second-order valence-electron chi connectivity index (χ2n) is 14.5. The topological polar surface area (TPSA) is 147 Å². The van der Waals surface area contributed by atoms with E-state index < -0.39 is 26.0 Å². The monoisotopic (exact) mass is 876 g/mol. The van der Waals surface area contributed by atoms with E-state index in [9.17, 15) is 21.2 Å². The minimum absolute atomic E-state index is 0.0400. The quantitative estimate of drug-likeness (QED) is 0.0836. The van der Waals surface area contributed by atoms with Gasteiger partial charge in [0.05, 0.1) is 28.4 Å². The van der Waals surface area contributed by atoms with Crippen molar-refractivity contribution in [2.75, 3.05) is 28.4 Å². The summed E-state index contributed by atoms with van der Waals surface area (Å²) in [5.41, 5.74) is 3.25. The van der Waals surface area contributed by atoms with Crippen molar-refractivity contribution < 1.29 is 40.2 Å². The van der Waals surface area contributed by atoms with Crippen LogP contribution in [0.2, 0.25) is 0 Å². The van der Waals surface area contributed by atoms with E-state index in [0.717, 1.165) is 44.5 Å². The molecule has 61 heavy (non-hydrogen) atoms. The highest BCUT2D eigenvalue weighted by Gasteiger charge is 2.30. The maximum atomic E-state index is 14.3. The van der Waals surface area contributed by atoms with Crippen molar-refractivity contribution in [2.45, 2.75) is 76.0 Å². The molecule has 0 atom stereocenters. The molecule has 0 saturated carbocycles. The summed E-state index contributed by atoms with van der Waals surface area (Å²) < 4.78 is 94.1. The van der Waals surface area contributed by atoms with Crippen molar-refractivity contribution in [1.82, 2.24) is 28.2 Å². The predicted molar refractivity (Wildman–Crippen MR) is 230 cm³/mol. The first-order chi connectivity index (χ1) is 29.1. The molecule has 0 fully saturated rings. The number of methoxy groups -OCH3 is 4. The Morgan fingerprint density at radius 3 is 1.10 bits per heavy atom. The van der Waals surface area contributed by atoms with Gasteiger partial charge in [-0.25, -0.2) is 21.5 Å². The molecule has 0 N–H and O–H groups in total. The van der Waals surface area contributed by atoms with Crippen LogP contribution in [0, 0.1) is 5.95 Å². The highest BCUT2D eigenvalue weighted by molar-refractivity contribution is 7.89. The Morgan fingerprint density at radius 2 is 0.836 bits per heavy atom. The summed E-state index contributed by atoms with van der Waals surface area (Å²) >= 11 is 0. The van der Waals surface area contributed by atoms with Crippen LogP contribution >= 0.6 is 0 Å². The molecule has 6 rings (SSSR count). The van der Waals surface area contributed by atoms with Crippen molar-refractivity contribution in [3.8, 4) is 23.0 Å². The summed E-state index contributed by atoms with van der Waals surface area (Å²) in [4.78, 5) is 0. The van der Waals surface area contributed by atoms with Gasteiger partial charge in [0.25, 0.3) is 20.0 Å². The SMILES string of the molecule is COc1ccc(CN(Cc2ccc(OC)cc2)S(=O)(=O)c2cc(F)n(C(C)C)n2)cc1.COc1ccc(CN(Cc2ccc(OC)cc2)S(=O)(=O)c2ccn(C(C)C)n2)cc1. The zero-order chi connectivity index (χ0) is 44.3. The van der Waals surface area contributed by atoms with Crippen LogP contribution in [-0.4, -0.2) is 73.4 Å². The van der Waals surface area contributed by atoms with E-state index in [1.807, 2.05) is 62.4 Å². The predicted octanol–water partition coefficient (Wildman–Crippen LogP) is 7.88. The van der Waals surface area contributed by atoms with Gasteiger partial charge < -0.3 is 18.9 Å². The fraction of sp³-hybridized carbons (Fsp3) is 0.318. The number of hydrogen-bond acceptors (Lipinski definition) is 10. The molecule has 0 radical (unpaired) electrons. The normalized spacial score (nSPS) is 11.8. The van der Waals surface area contributed by atoms with E-state index in [2.05, 4.69) is 10.2 Å². The Labute approximate surface area is 358 Å². The van der Waals surface area contributed by atoms with Gasteiger partial charge in [-0.15, -0.1) is 0 Å². The zero-order valence-electron chi connectivity index (χ0n) is 35.6. The Bertz CT molecular complexity index is 2430. The Kier molecular flexibility index (Phi) is 15.7. The summed E-state index contributed by atoms with van der Waals surface area (Å²) in [5, 5.41) is 8.02. The Balaban J connectivity index is 0.000000231. The molecule has 4 aromatic carbocycles. The van der Waals surface area contributed by atoms with Crippen molar-refractivity contribution in [3.05, 3.63) is 144 Å². The Morgan fingerprint density at radius 1 is 0.508 bits per heavy atom. The molecule has 0 aliphatic heterocycles. The number of nitrogens with zero attached hydrogens (tertiary/aromatic N) is 6. The lowest BCUT2D eigenvalue weighted by Gasteiger charge is -2.22. The van der Waals surface area contributed by atoms with E-state index in [4.69, 9.17) is 18.9 Å². The molecule has 6 aromatic rings. The molecule has 0 amide bonds. The summed E-state index contributed by atoms with van der Waals surface area (Å²) in [7, 11) is -1.54. The van der Waals surface area contributed by atoms with Crippen LogP contribution in [0.1, 0.15) is 62.0 Å². The average Bonchev–Trinajstić information content (AvgIpc) is 3.94. The fourth-order valence-corrected chi connectivity index (χ4v) is 8.71. The first-order valence-electron chi connectivity index (χ1n) is 19.4. The molecule has 326 valence electrons. The molecular weight excluding hydrogens is 824 g/mol. The largest absolute Gasteiger partial charge is 0.497 e. The third kappa shape index (κ3) is 12.0. The van der Waals surface area contributed by atoms with Crippen molar-refractivity contribution in [1.29, 1.82) is 0 Å². The van der Waals surface area contributed by atoms with E-state index >= 15 is 0 Å². The third-order valence-electron chi connectivity index (χ3n) is 9.55. The van der Waals surface area contributed by atoms with Crippen LogP contribution in [0.5, 0.6) is 23.0 Å². The van der Waals surface area contributed by atoms with Crippen LogP contribution in [0.4, 0.5) is 4.39 Å². The molecule has 0 unspecified atom stereocenters. The van der Waals surface area contributed by atoms with Crippen molar-refractivity contribution in [2.24, 2.45) is 0 Å². The average molecular weight is 877 g/mol. The first kappa shape index (κ1) is 46.3. The van der Waals surface area contributed by atoms with Crippen LogP contribution in [0.3, 0.4) is 0 Å². The molecule has 0 aliphatic rings. The van der Waals surface area contributed by atoms with Crippen LogP contribution < -0.4 is 18.9 Å². The summed E-state index contributed by atoms with van der Waals surface area (Å²) in [5.74, 6) is 2.09. The number of rotatable bonds is 18. The zero-order valence-corrected chi connectivity index (χ0v) is 37.2. The van der Waals surface area contributed by atoms with Crippen molar-refractivity contribution >= 4 is 20.0 Å². The van der Waals surface area contributed by atoms with Gasteiger partial charge in [0.2, 0.25) is 5.95 Å². The van der Waals surface area contributed by atoms with E-state index in [0.29, 0.717) is 11.5 Å². The van der Waals surface area contributed by atoms with Gasteiger partial charge in [-0.05, 0) is 105 Å². The van der Waals surface area contributed by atoms with E-state index in [-0.39, 0.29) is 48.3 Å². The van der Waals surface area contributed by atoms with Crippen LogP contribution in [0.25, 0.3) is 0 Å². The molecule has 2 aromatic heterocycles. The Hall–Kier alpha value is -5.75. The standard InChI is InChI=1S/C22H26FN3O4S.C22H27N3O4S/c1-16(2)26-21(23)13-22(24-26)31(27,28)25(14-17-5-9-19(29-3)10-6-17)15-18-7-11-20(30-4)12-8-18;1-17(2)25-14-13-22(23-25)30(26,27)24(15-18-5-9-20(28-3)10-6-18)16-19-7-11-21(29-4)12-8-19/h5-13,16H,14-15H2,1-4H3;5-14,17H,15-16H2,1-4H3. The molecule has 14 nitrogen and oxygen atoms in total. The molecule has 17 heteroatoms. The molecular formula is C44H53FN6O8S2. The fourth-order valence-electron chi connectivity index (χ4n) is 6.04. The highest BCUT2D eigenvalue weighted by Crippen LogP contribution is 2.26. The number of benzene rings is 4.